The molecule has 0 bridgehead atoms. The molecular formula is C79H153NO5. The van der Waals surface area contributed by atoms with E-state index in [0.29, 0.717) is 19.4 Å². The first-order chi connectivity index (χ1) is 42.0. The maximum Gasteiger partial charge on any atom is 0.305 e. The third kappa shape index (κ3) is 71.3. The normalized spacial score (nSPS) is 12.6. The summed E-state index contributed by atoms with van der Waals surface area (Å²) in [6.45, 7) is 4.94. The van der Waals surface area contributed by atoms with Crippen LogP contribution in [0, 0.1) is 0 Å². The number of allylic oxidation sites excluding steroid dienone is 3. The monoisotopic (exact) mass is 1200 g/mol. The van der Waals surface area contributed by atoms with E-state index in [1.165, 1.54) is 379 Å². The lowest BCUT2D eigenvalue weighted by Gasteiger charge is -2.20. The van der Waals surface area contributed by atoms with Gasteiger partial charge >= 0.3 is 5.97 Å². The van der Waals surface area contributed by atoms with Crippen molar-refractivity contribution in [1.82, 2.24) is 5.32 Å². The lowest BCUT2D eigenvalue weighted by Crippen LogP contribution is -2.45. The predicted octanol–water partition coefficient (Wildman–Crippen LogP) is 25.7. The Morgan fingerprint density at radius 1 is 0.318 bits per heavy atom. The van der Waals surface area contributed by atoms with Gasteiger partial charge in [0.1, 0.15) is 0 Å². The summed E-state index contributed by atoms with van der Waals surface area (Å²) < 4.78 is 5.51. The minimum Gasteiger partial charge on any atom is -0.466 e. The van der Waals surface area contributed by atoms with Crippen LogP contribution in [0.25, 0.3) is 0 Å². The lowest BCUT2D eigenvalue weighted by atomic mass is 10.0. The molecule has 0 radical (unpaired) electrons. The highest BCUT2D eigenvalue weighted by atomic mass is 16.5. The van der Waals surface area contributed by atoms with Crippen molar-refractivity contribution in [3.8, 4) is 0 Å². The van der Waals surface area contributed by atoms with Gasteiger partial charge in [-0.3, -0.25) is 9.59 Å². The summed E-state index contributed by atoms with van der Waals surface area (Å²) in [6.07, 6.45) is 95.9. The molecule has 2 atom stereocenters. The van der Waals surface area contributed by atoms with Gasteiger partial charge in [0.2, 0.25) is 5.91 Å². The van der Waals surface area contributed by atoms with Gasteiger partial charge in [0.05, 0.1) is 25.4 Å². The van der Waals surface area contributed by atoms with E-state index in [2.05, 4.69) is 31.3 Å². The number of aliphatic hydroxyl groups excluding tert-OH is 2. The lowest BCUT2D eigenvalue weighted by molar-refractivity contribution is -0.143. The minimum absolute atomic E-state index is 0.0199. The van der Waals surface area contributed by atoms with Crippen molar-refractivity contribution in [3.05, 3.63) is 24.3 Å². The van der Waals surface area contributed by atoms with Gasteiger partial charge in [0.15, 0.2) is 0 Å². The summed E-state index contributed by atoms with van der Waals surface area (Å²) in [5.74, 6) is -0.0394. The van der Waals surface area contributed by atoms with Crippen molar-refractivity contribution in [2.45, 2.75) is 456 Å². The molecule has 0 aliphatic heterocycles. The largest absolute Gasteiger partial charge is 0.466 e. The molecule has 2 unspecified atom stereocenters. The number of amides is 1. The van der Waals surface area contributed by atoms with Crippen LogP contribution in [0.1, 0.15) is 444 Å². The number of rotatable bonds is 74. The zero-order valence-electron chi connectivity index (χ0n) is 57.9. The van der Waals surface area contributed by atoms with Crippen LogP contribution in [0.2, 0.25) is 0 Å². The molecule has 3 N–H and O–H groups in total. The molecule has 85 heavy (non-hydrogen) atoms. The van der Waals surface area contributed by atoms with Crippen LogP contribution >= 0.6 is 0 Å². The number of unbranched alkanes of at least 4 members (excludes halogenated alkanes) is 61. The fraction of sp³-hybridized carbons (Fsp3) is 0.924. The number of hydrogen-bond acceptors (Lipinski definition) is 5. The molecule has 0 rings (SSSR count). The number of aliphatic hydroxyl groups is 2. The van der Waals surface area contributed by atoms with Gasteiger partial charge < -0.3 is 20.3 Å². The molecule has 6 nitrogen and oxygen atoms in total. The molecule has 0 aromatic heterocycles. The number of carbonyl (C=O) groups is 2. The molecule has 0 heterocycles. The highest BCUT2D eigenvalue weighted by molar-refractivity contribution is 5.76. The van der Waals surface area contributed by atoms with E-state index < -0.39 is 12.1 Å². The standard InChI is InChI=1S/C79H153NO5/c1-3-5-7-9-11-13-15-17-19-40-45-49-53-57-61-65-69-73-79(84)85-74-70-66-62-58-54-50-46-42-39-37-35-33-31-29-27-25-23-21-22-24-26-28-30-32-34-36-38-41-44-48-52-56-60-64-68-72-78(83)80-76(75-81)77(82)71-67-63-59-55-51-47-43-20-18-16-14-12-10-8-6-4-2/h17,19,67,71,76-77,81-82H,3-16,18,20-66,68-70,72-75H2,1-2H3,(H,80,83)/b19-17-,71-67+. The van der Waals surface area contributed by atoms with Gasteiger partial charge in [-0.05, 0) is 57.8 Å². The number of ether oxygens (including phenoxy) is 1. The number of carbonyl (C=O) groups excluding carboxylic acids is 2. The Balaban J connectivity index is 3.31. The van der Waals surface area contributed by atoms with Gasteiger partial charge in [-0.2, -0.15) is 0 Å². The third-order valence-electron chi connectivity index (χ3n) is 18.5. The Morgan fingerprint density at radius 3 is 0.835 bits per heavy atom. The highest BCUT2D eigenvalue weighted by Gasteiger charge is 2.18. The van der Waals surface area contributed by atoms with Crippen LogP contribution in [-0.2, 0) is 14.3 Å². The van der Waals surface area contributed by atoms with Crippen LogP contribution in [0.4, 0.5) is 0 Å². The van der Waals surface area contributed by atoms with E-state index in [0.717, 1.165) is 38.5 Å². The first-order valence-corrected chi connectivity index (χ1v) is 39.1. The van der Waals surface area contributed by atoms with Crippen LogP contribution in [0.15, 0.2) is 24.3 Å². The number of esters is 1. The molecule has 0 saturated heterocycles. The van der Waals surface area contributed by atoms with Gasteiger partial charge in [-0.25, -0.2) is 0 Å². The Morgan fingerprint density at radius 2 is 0.553 bits per heavy atom. The van der Waals surface area contributed by atoms with Crippen LogP contribution in [0.3, 0.4) is 0 Å². The summed E-state index contributed by atoms with van der Waals surface area (Å²) in [7, 11) is 0. The van der Waals surface area contributed by atoms with E-state index in [1.807, 2.05) is 6.08 Å². The second-order valence-corrected chi connectivity index (χ2v) is 27.0. The maximum atomic E-state index is 12.5. The molecule has 0 aromatic carbocycles. The molecule has 0 saturated carbocycles. The van der Waals surface area contributed by atoms with E-state index >= 15 is 0 Å². The van der Waals surface area contributed by atoms with Crippen molar-refractivity contribution in [1.29, 1.82) is 0 Å². The molecule has 0 aliphatic carbocycles. The first-order valence-electron chi connectivity index (χ1n) is 39.1. The number of nitrogens with one attached hydrogen (secondary N) is 1. The van der Waals surface area contributed by atoms with Crippen LogP contribution in [-0.4, -0.2) is 47.4 Å². The highest BCUT2D eigenvalue weighted by Crippen LogP contribution is 2.20. The SMILES string of the molecule is CCCCCCCC/C=C\CCCCCCCCCC(=O)OCCCCCCCCCCCCCCCCCCCCCCCCCCCCCCCCCCCCCC(=O)NC(CO)C(O)/C=C/CCCCCCCCCCCCCCCC. The molecular weight excluding hydrogens is 1040 g/mol. The van der Waals surface area contributed by atoms with Crippen LogP contribution < -0.4 is 5.32 Å². The molecule has 0 aliphatic rings. The van der Waals surface area contributed by atoms with E-state index in [9.17, 15) is 19.8 Å². The predicted molar refractivity (Wildman–Crippen MR) is 375 cm³/mol. The zero-order chi connectivity index (χ0) is 61.3. The number of hydrogen-bond donors (Lipinski definition) is 3. The fourth-order valence-corrected chi connectivity index (χ4v) is 12.5. The Hall–Kier alpha value is -1.66. The molecule has 0 aromatic rings. The van der Waals surface area contributed by atoms with Crippen molar-refractivity contribution in [2.24, 2.45) is 0 Å². The summed E-state index contributed by atoms with van der Waals surface area (Å²) in [6, 6.07) is -0.623. The molecule has 6 heteroatoms. The van der Waals surface area contributed by atoms with Gasteiger partial charge in [0.25, 0.3) is 0 Å². The average Bonchev–Trinajstić information content (AvgIpc) is 3.51. The molecule has 1 amide bonds. The minimum atomic E-state index is -0.840. The van der Waals surface area contributed by atoms with Gasteiger partial charge in [-0.1, -0.05) is 398 Å². The fourth-order valence-electron chi connectivity index (χ4n) is 12.5. The second kappa shape index (κ2) is 74.8. The van der Waals surface area contributed by atoms with E-state index in [4.69, 9.17) is 4.74 Å². The van der Waals surface area contributed by atoms with E-state index in [1.54, 1.807) is 6.08 Å². The second-order valence-electron chi connectivity index (χ2n) is 27.0. The van der Waals surface area contributed by atoms with Crippen molar-refractivity contribution in [2.75, 3.05) is 13.2 Å². The average molecular weight is 1200 g/mol. The zero-order valence-corrected chi connectivity index (χ0v) is 57.9. The summed E-state index contributed by atoms with van der Waals surface area (Å²) >= 11 is 0. The van der Waals surface area contributed by atoms with Crippen molar-refractivity contribution < 1.29 is 24.5 Å². The Bertz CT molecular complexity index is 1330. The Labute approximate surface area is 532 Å². The third-order valence-corrected chi connectivity index (χ3v) is 18.5. The van der Waals surface area contributed by atoms with Gasteiger partial charge in [0, 0.05) is 12.8 Å². The van der Waals surface area contributed by atoms with Crippen molar-refractivity contribution >= 4 is 11.9 Å². The maximum absolute atomic E-state index is 12.5. The molecule has 0 fully saturated rings. The quantitative estimate of drug-likeness (QED) is 0.0320. The van der Waals surface area contributed by atoms with Crippen molar-refractivity contribution in [3.63, 3.8) is 0 Å². The smallest absolute Gasteiger partial charge is 0.305 e. The van der Waals surface area contributed by atoms with Gasteiger partial charge in [-0.15, -0.1) is 0 Å². The topological polar surface area (TPSA) is 95.9 Å². The summed E-state index contributed by atoms with van der Waals surface area (Å²) in [5.41, 5.74) is 0. The van der Waals surface area contributed by atoms with Crippen LogP contribution in [0.5, 0.6) is 0 Å². The first kappa shape index (κ1) is 83.3. The van der Waals surface area contributed by atoms with E-state index in [-0.39, 0.29) is 18.5 Å². The summed E-state index contributed by atoms with van der Waals surface area (Å²) in [5, 5.41) is 23.2. The summed E-state index contributed by atoms with van der Waals surface area (Å²) in [4.78, 5) is 24.6. The Kier molecular flexibility index (Phi) is 73.3. The molecule has 504 valence electrons. The molecule has 0 spiro atoms.